The molecule has 29 heavy (non-hydrogen) atoms. The molecular formula is C22H21N5OS. The van der Waals surface area contributed by atoms with E-state index in [4.69, 9.17) is 0 Å². The lowest BCUT2D eigenvalue weighted by molar-refractivity contribution is -0.128. The molecule has 0 radical (unpaired) electrons. The number of hydrogen-bond acceptors (Lipinski definition) is 5. The van der Waals surface area contributed by atoms with Crippen molar-refractivity contribution in [1.82, 2.24) is 24.6 Å². The lowest BCUT2D eigenvalue weighted by atomic mass is 10.2. The Bertz CT molecular complexity index is 1100. The first kappa shape index (κ1) is 19.1. The fourth-order valence-electron chi connectivity index (χ4n) is 3.10. The van der Waals surface area contributed by atoms with Crippen molar-refractivity contribution in [3.05, 3.63) is 78.8 Å². The molecule has 0 aliphatic heterocycles. The predicted molar refractivity (Wildman–Crippen MR) is 115 cm³/mol. The van der Waals surface area contributed by atoms with Crippen molar-refractivity contribution in [1.29, 1.82) is 0 Å². The number of carbonyl (C=O) groups is 1. The van der Waals surface area contributed by atoms with Gasteiger partial charge in [0.1, 0.15) is 11.4 Å². The van der Waals surface area contributed by atoms with Gasteiger partial charge in [-0.15, -0.1) is 0 Å². The average Bonchev–Trinajstić information content (AvgIpc) is 3.22. The summed E-state index contributed by atoms with van der Waals surface area (Å²) in [4.78, 5) is 23.4. The van der Waals surface area contributed by atoms with Crippen molar-refractivity contribution in [2.24, 2.45) is 0 Å². The van der Waals surface area contributed by atoms with Crippen LogP contribution in [-0.2, 0) is 11.3 Å². The van der Waals surface area contributed by atoms with Crippen molar-refractivity contribution in [2.75, 3.05) is 12.3 Å². The van der Waals surface area contributed by atoms with Gasteiger partial charge < -0.3 is 4.90 Å². The quantitative estimate of drug-likeness (QED) is 0.345. The van der Waals surface area contributed by atoms with Gasteiger partial charge in [-0.1, -0.05) is 60.3 Å². The second-order valence-electron chi connectivity index (χ2n) is 6.49. The summed E-state index contributed by atoms with van der Waals surface area (Å²) in [5.74, 6) is 0.409. The molecule has 2 heterocycles. The van der Waals surface area contributed by atoms with Gasteiger partial charge in [0.2, 0.25) is 5.91 Å². The van der Waals surface area contributed by atoms with Gasteiger partial charge in [-0.25, -0.2) is 14.6 Å². The van der Waals surface area contributed by atoms with Crippen LogP contribution in [0.25, 0.3) is 16.7 Å². The van der Waals surface area contributed by atoms with Crippen LogP contribution in [0.2, 0.25) is 0 Å². The molecule has 0 aliphatic carbocycles. The van der Waals surface area contributed by atoms with Crippen LogP contribution in [0.4, 0.5) is 0 Å². The summed E-state index contributed by atoms with van der Waals surface area (Å²) in [7, 11) is 0. The molecule has 0 unspecified atom stereocenters. The van der Waals surface area contributed by atoms with Crippen LogP contribution in [0.5, 0.6) is 0 Å². The molecule has 0 atom stereocenters. The maximum atomic E-state index is 12.8. The zero-order valence-corrected chi connectivity index (χ0v) is 16.9. The first-order valence-corrected chi connectivity index (χ1v) is 10.4. The van der Waals surface area contributed by atoms with Crippen molar-refractivity contribution in [3.8, 4) is 5.69 Å². The van der Waals surface area contributed by atoms with Crippen LogP contribution < -0.4 is 0 Å². The molecule has 0 N–H and O–H groups in total. The Morgan fingerprint density at radius 2 is 1.76 bits per heavy atom. The summed E-state index contributed by atoms with van der Waals surface area (Å²) < 4.78 is 1.79. The van der Waals surface area contributed by atoms with E-state index in [0.717, 1.165) is 27.3 Å². The van der Waals surface area contributed by atoms with Crippen LogP contribution in [0.3, 0.4) is 0 Å². The van der Waals surface area contributed by atoms with E-state index in [1.165, 1.54) is 18.1 Å². The fourth-order valence-corrected chi connectivity index (χ4v) is 3.96. The highest BCUT2D eigenvalue weighted by atomic mass is 32.2. The number of benzene rings is 2. The summed E-state index contributed by atoms with van der Waals surface area (Å²) in [6.45, 7) is 3.28. The fraction of sp³-hybridized carbons (Fsp3) is 0.182. The van der Waals surface area contributed by atoms with E-state index >= 15 is 0 Å². The number of hydrogen-bond donors (Lipinski definition) is 0. The maximum absolute atomic E-state index is 12.8. The molecule has 7 heteroatoms. The van der Waals surface area contributed by atoms with Crippen LogP contribution in [-0.4, -0.2) is 42.9 Å². The second-order valence-corrected chi connectivity index (χ2v) is 7.45. The van der Waals surface area contributed by atoms with E-state index in [9.17, 15) is 4.79 Å². The van der Waals surface area contributed by atoms with Gasteiger partial charge in [0.25, 0.3) is 0 Å². The Kier molecular flexibility index (Phi) is 5.86. The molecule has 2 aromatic carbocycles. The van der Waals surface area contributed by atoms with E-state index in [2.05, 4.69) is 15.1 Å². The Morgan fingerprint density at radius 3 is 2.48 bits per heavy atom. The molecule has 0 saturated carbocycles. The highest BCUT2D eigenvalue weighted by molar-refractivity contribution is 8.00. The predicted octanol–water partition coefficient (Wildman–Crippen LogP) is 3.96. The van der Waals surface area contributed by atoms with Crippen molar-refractivity contribution in [2.45, 2.75) is 18.5 Å². The van der Waals surface area contributed by atoms with Crippen LogP contribution in [0, 0.1) is 0 Å². The normalized spacial score (nSPS) is 10.9. The van der Waals surface area contributed by atoms with E-state index < -0.39 is 0 Å². The smallest absolute Gasteiger partial charge is 0.233 e. The van der Waals surface area contributed by atoms with Crippen LogP contribution in [0.15, 0.2) is 78.2 Å². The van der Waals surface area contributed by atoms with E-state index in [1.807, 2.05) is 72.5 Å². The van der Waals surface area contributed by atoms with Gasteiger partial charge in [-0.2, -0.15) is 5.10 Å². The number of fused-ring (bicyclic) bond motifs is 1. The monoisotopic (exact) mass is 403 g/mol. The van der Waals surface area contributed by atoms with Gasteiger partial charge in [-0.05, 0) is 24.6 Å². The lowest BCUT2D eigenvalue weighted by Gasteiger charge is -2.20. The number of nitrogens with zero attached hydrogens (tertiary/aromatic N) is 5. The minimum absolute atomic E-state index is 0.0866. The Hall–Kier alpha value is -3.19. The number of amides is 1. The first-order chi connectivity index (χ1) is 14.3. The third kappa shape index (κ3) is 4.30. The topological polar surface area (TPSA) is 63.9 Å². The molecule has 4 aromatic rings. The summed E-state index contributed by atoms with van der Waals surface area (Å²) in [5.41, 5.74) is 2.80. The largest absolute Gasteiger partial charge is 0.338 e. The molecule has 4 rings (SSSR count). The number of thioether (sulfide) groups is 1. The van der Waals surface area contributed by atoms with Gasteiger partial charge in [0.05, 0.1) is 23.0 Å². The van der Waals surface area contributed by atoms with Crippen LogP contribution in [0.1, 0.15) is 12.5 Å². The van der Waals surface area contributed by atoms with Crippen molar-refractivity contribution in [3.63, 3.8) is 0 Å². The van der Waals surface area contributed by atoms with Gasteiger partial charge in [0.15, 0.2) is 5.65 Å². The zero-order chi connectivity index (χ0) is 20.1. The molecular weight excluding hydrogens is 382 g/mol. The number of carbonyl (C=O) groups excluding carboxylic acids is 1. The molecule has 2 aromatic heterocycles. The van der Waals surface area contributed by atoms with Crippen molar-refractivity contribution >= 4 is 28.7 Å². The Balaban J connectivity index is 1.49. The Labute approximate surface area is 173 Å². The van der Waals surface area contributed by atoms with Gasteiger partial charge in [-0.3, -0.25) is 4.79 Å². The third-order valence-electron chi connectivity index (χ3n) is 4.61. The number of para-hydroxylation sites is 1. The molecule has 6 nitrogen and oxygen atoms in total. The molecule has 0 spiro atoms. The summed E-state index contributed by atoms with van der Waals surface area (Å²) in [6, 6.07) is 19.9. The summed E-state index contributed by atoms with van der Waals surface area (Å²) >= 11 is 1.43. The SMILES string of the molecule is CCN(Cc1ccccc1)C(=O)CSc1ncnc2c1cnn2-c1ccccc1. The molecule has 1 amide bonds. The molecule has 0 fully saturated rings. The van der Waals surface area contributed by atoms with Crippen LogP contribution >= 0.6 is 11.8 Å². The van der Waals surface area contributed by atoms with Crippen molar-refractivity contribution < 1.29 is 4.79 Å². The van der Waals surface area contributed by atoms with Gasteiger partial charge >= 0.3 is 0 Å². The third-order valence-corrected chi connectivity index (χ3v) is 5.60. The number of rotatable bonds is 7. The Morgan fingerprint density at radius 1 is 1.03 bits per heavy atom. The second kappa shape index (κ2) is 8.87. The van der Waals surface area contributed by atoms with Gasteiger partial charge in [0, 0.05) is 13.1 Å². The highest BCUT2D eigenvalue weighted by Crippen LogP contribution is 2.26. The molecule has 0 aliphatic rings. The highest BCUT2D eigenvalue weighted by Gasteiger charge is 2.16. The first-order valence-electron chi connectivity index (χ1n) is 9.45. The average molecular weight is 404 g/mol. The van der Waals surface area contributed by atoms with E-state index in [0.29, 0.717) is 18.8 Å². The number of aromatic nitrogens is 4. The lowest BCUT2D eigenvalue weighted by Crippen LogP contribution is -2.31. The van der Waals surface area contributed by atoms with E-state index in [-0.39, 0.29) is 5.91 Å². The summed E-state index contributed by atoms with van der Waals surface area (Å²) in [5, 5.41) is 6.08. The minimum atomic E-state index is 0.0866. The standard InChI is InChI=1S/C22H21N5OS/c1-2-26(14-17-9-5-3-6-10-17)20(28)15-29-22-19-13-25-27(21(19)23-16-24-22)18-11-7-4-8-12-18/h3-13,16H,2,14-15H2,1H3. The zero-order valence-electron chi connectivity index (χ0n) is 16.1. The summed E-state index contributed by atoms with van der Waals surface area (Å²) in [6.07, 6.45) is 3.29. The molecule has 0 saturated heterocycles. The minimum Gasteiger partial charge on any atom is -0.338 e. The molecule has 0 bridgehead atoms. The maximum Gasteiger partial charge on any atom is 0.233 e. The molecule has 146 valence electrons. The van der Waals surface area contributed by atoms with E-state index in [1.54, 1.807) is 10.9 Å².